The molecule has 0 spiro atoms. The molecule has 1 atom stereocenters. The molecule has 1 amide bonds. The lowest BCUT2D eigenvalue weighted by molar-refractivity contribution is -0.119. The van der Waals surface area contributed by atoms with E-state index in [-0.39, 0.29) is 12.6 Å². The Morgan fingerprint density at radius 2 is 2.05 bits per heavy atom. The van der Waals surface area contributed by atoms with Crippen LogP contribution in [-0.4, -0.2) is 17.5 Å². The summed E-state index contributed by atoms with van der Waals surface area (Å²) in [7, 11) is 0. The molecule has 0 aliphatic rings. The maximum Gasteiger partial charge on any atom is 0.255 e. The van der Waals surface area contributed by atoms with Crippen LogP contribution < -0.4 is 15.8 Å². The maximum atomic E-state index is 10.7. The van der Waals surface area contributed by atoms with E-state index in [1.165, 1.54) is 4.88 Å². The number of aryl methyl sites for hydroxylation is 2. The van der Waals surface area contributed by atoms with E-state index < -0.39 is 5.91 Å². The number of ether oxygens (including phenoxy) is 1. The van der Waals surface area contributed by atoms with Crippen molar-refractivity contribution < 1.29 is 9.53 Å². The summed E-state index contributed by atoms with van der Waals surface area (Å²) >= 11 is 1.71. The smallest absolute Gasteiger partial charge is 0.255 e. The fraction of sp³-hybridized carbons (Fsp3) is 0.333. The van der Waals surface area contributed by atoms with E-state index in [0.717, 1.165) is 16.4 Å². The number of hydrogen-bond acceptors (Lipinski definition) is 5. The van der Waals surface area contributed by atoms with E-state index in [4.69, 9.17) is 10.5 Å². The molecule has 112 valence electrons. The molecule has 1 heterocycles. The number of rotatable bonds is 6. The lowest BCUT2D eigenvalue weighted by atomic mass is 10.2. The van der Waals surface area contributed by atoms with Crippen LogP contribution in [0, 0.1) is 13.8 Å². The first-order valence-electron chi connectivity index (χ1n) is 6.67. The minimum atomic E-state index is -0.484. The number of carbonyl (C=O) groups is 1. The second-order valence-corrected chi connectivity index (χ2v) is 6.06. The lowest BCUT2D eigenvalue weighted by Crippen LogP contribution is -2.19. The number of thiazole rings is 1. The number of carbonyl (C=O) groups excluding carboxylic acids is 1. The average molecular weight is 305 g/mol. The zero-order valence-electron chi connectivity index (χ0n) is 12.3. The summed E-state index contributed by atoms with van der Waals surface area (Å²) in [5, 5.41) is 4.50. The zero-order chi connectivity index (χ0) is 15.4. The summed E-state index contributed by atoms with van der Waals surface area (Å²) in [4.78, 5) is 16.3. The predicted octanol–water partition coefficient (Wildman–Crippen LogP) is 2.80. The third-order valence-electron chi connectivity index (χ3n) is 2.95. The van der Waals surface area contributed by atoms with Crippen LogP contribution in [0.15, 0.2) is 24.3 Å². The number of nitrogens with one attached hydrogen (secondary N) is 1. The largest absolute Gasteiger partial charge is 0.484 e. The highest BCUT2D eigenvalue weighted by Crippen LogP contribution is 2.28. The van der Waals surface area contributed by atoms with Crippen LogP contribution in [0.3, 0.4) is 0 Å². The SMILES string of the molecule is Cc1nc(C)c(C(C)Nc2ccc(OCC(N)=O)cc2)s1. The summed E-state index contributed by atoms with van der Waals surface area (Å²) in [6.45, 7) is 6.04. The Kier molecular flexibility index (Phi) is 4.80. The summed E-state index contributed by atoms with van der Waals surface area (Å²) in [6.07, 6.45) is 0. The molecule has 2 aromatic rings. The molecule has 1 aromatic carbocycles. The highest BCUT2D eigenvalue weighted by Gasteiger charge is 2.12. The van der Waals surface area contributed by atoms with E-state index in [9.17, 15) is 4.79 Å². The Hall–Kier alpha value is -2.08. The van der Waals surface area contributed by atoms with Crippen molar-refractivity contribution in [2.24, 2.45) is 5.73 Å². The molecule has 0 aliphatic carbocycles. The predicted molar refractivity (Wildman–Crippen MR) is 84.8 cm³/mol. The molecule has 0 radical (unpaired) electrons. The van der Waals surface area contributed by atoms with Gasteiger partial charge in [0.15, 0.2) is 6.61 Å². The second kappa shape index (κ2) is 6.58. The standard InChI is InChI=1S/C15H19N3O2S/c1-9-15(21-11(3)17-9)10(2)18-12-4-6-13(7-5-12)20-8-14(16)19/h4-7,10,18H,8H2,1-3H3,(H2,16,19). The number of anilines is 1. The second-order valence-electron chi connectivity index (χ2n) is 4.83. The molecule has 0 bridgehead atoms. The minimum absolute atomic E-state index is 0.109. The van der Waals surface area contributed by atoms with Crippen LogP contribution in [0.1, 0.15) is 28.5 Å². The monoisotopic (exact) mass is 305 g/mol. The molecule has 0 fully saturated rings. The highest BCUT2D eigenvalue weighted by molar-refractivity contribution is 7.11. The summed E-state index contributed by atoms with van der Waals surface area (Å²) in [5.41, 5.74) is 7.09. The van der Waals surface area contributed by atoms with Crippen molar-refractivity contribution in [3.05, 3.63) is 39.8 Å². The van der Waals surface area contributed by atoms with Gasteiger partial charge in [-0.05, 0) is 45.0 Å². The van der Waals surface area contributed by atoms with E-state index in [0.29, 0.717) is 5.75 Å². The van der Waals surface area contributed by atoms with Crippen LogP contribution in [0.25, 0.3) is 0 Å². The van der Waals surface area contributed by atoms with Crippen LogP contribution in [0.5, 0.6) is 5.75 Å². The Labute approximate surface area is 128 Å². The quantitative estimate of drug-likeness (QED) is 0.860. The molecule has 0 aliphatic heterocycles. The Bertz CT molecular complexity index is 622. The molecule has 1 unspecified atom stereocenters. The number of benzene rings is 1. The van der Waals surface area contributed by atoms with E-state index in [1.54, 1.807) is 11.3 Å². The Balaban J connectivity index is 1.99. The van der Waals surface area contributed by atoms with Crippen molar-refractivity contribution in [2.45, 2.75) is 26.8 Å². The third-order valence-corrected chi connectivity index (χ3v) is 4.21. The molecule has 1 aromatic heterocycles. The molecule has 21 heavy (non-hydrogen) atoms. The van der Waals surface area contributed by atoms with Crippen LogP contribution >= 0.6 is 11.3 Å². The van der Waals surface area contributed by atoms with Crippen molar-refractivity contribution in [1.82, 2.24) is 4.98 Å². The summed E-state index contributed by atoms with van der Waals surface area (Å²) in [6, 6.07) is 7.63. The van der Waals surface area contributed by atoms with E-state index in [1.807, 2.05) is 38.1 Å². The molecule has 3 N–H and O–H groups in total. The molecule has 5 nitrogen and oxygen atoms in total. The van der Waals surface area contributed by atoms with Crippen molar-refractivity contribution >= 4 is 22.9 Å². The van der Waals surface area contributed by atoms with Gasteiger partial charge in [0, 0.05) is 10.6 Å². The normalized spacial score (nSPS) is 12.0. The molecule has 0 saturated carbocycles. The van der Waals surface area contributed by atoms with Crippen molar-refractivity contribution in [2.75, 3.05) is 11.9 Å². The molecular formula is C15H19N3O2S. The first kappa shape index (κ1) is 15.3. The topological polar surface area (TPSA) is 77.2 Å². The lowest BCUT2D eigenvalue weighted by Gasteiger charge is -2.14. The van der Waals surface area contributed by atoms with Gasteiger partial charge >= 0.3 is 0 Å². The first-order valence-corrected chi connectivity index (χ1v) is 7.49. The van der Waals surface area contributed by atoms with E-state index >= 15 is 0 Å². The summed E-state index contributed by atoms with van der Waals surface area (Å²) < 4.78 is 5.22. The highest BCUT2D eigenvalue weighted by atomic mass is 32.1. The number of nitrogens with two attached hydrogens (primary N) is 1. The maximum absolute atomic E-state index is 10.7. The van der Waals surface area contributed by atoms with Gasteiger partial charge in [-0.3, -0.25) is 4.79 Å². The van der Waals surface area contributed by atoms with Gasteiger partial charge in [0.2, 0.25) is 0 Å². The van der Waals surface area contributed by atoms with Crippen molar-refractivity contribution in [3.8, 4) is 5.75 Å². The average Bonchev–Trinajstić information content (AvgIpc) is 2.77. The van der Waals surface area contributed by atoms with Gasteiger partial charge in [-0.1, -0.05) is 0 Å². The van der Waals surface area contributed by atoms with Gasteiger partial charge in [-0.2, -0.15) is 0 Å². The zero-order valence-corrected chi connectivity index (χ0v) is 13.2. The van der Waals surface area contributed by atoms with Gasteiger partial charge in [0.1, 0.15) is 5.75 Å². The van der Waals surface area contributed by atoms with Crippen molar-refractivity contribution in [1.29, 1.82) is 0 Å². The van der Waals surface area contributed by atoms with Gasteiger partial charge in [-0.15, -0.1) is 11.3 Å². The van der Waals surface area contributed by atoms with Crippen LogP contribution in [0.4, 0.5) is 5.69 Å². The number of hydrogen-bond donors (Lipinski definition) is 2. The third kappa shape index (κ3) is 4.19. The number of aromatic nitrogens is 1. The molecule has 2 rings (SSSR count). The minimum Gasteiger partial charge on any atom is -0.484 e. The van der Waals surface area contributed by atoms with Gasteiger partial charge in [-0.25, -0.2) is 4.98 Å². The fourth-order valence-corrected chi connectivity index (χ4v) is 3.00. The fourth-order valence-electron chi connectivity index (χ4n) is 2.07. The van der Waals surface area contributed by atoms with Crippen molar-refractivity contribution in [3.63, 3.8) is 0 Å². The number of nitrogens with zero attached hydrogens (tertiary/aromatic N) is 1. The van der Waals surface area contributed by atoms with Gasteiger partial charge in [0.05, 0.1) is 16.7 Å². The van der Waals surface area contributed by atoms with Gasteiger partial charge in [0.25, 0.3) is 5.91 Å². The van der Waals surface area contributed by atoms with E-state index in [2.05, 4.69) is 17.2 Å². The first-order chi connectivity index (χ1) is 9.95. The van der Waals surface area contributed by atoms with Gasteiger partial charge < -0.3 is 15.8 Å². The number of amides is 1. The Morgan fingerprint density at radius 3 is 2.57 bits per heavy atom. The molecule has 0 saturated heterocycles. The Morgan fingerprint density at radius 1 is 1.38 bits per heavy atom. The molecular weight excluding hydrogens is 286 g/mol. The summed E-state index contributed by atoms with van der Waals surface area (Å²) in [5.74, 6) is 0.138. The van der Waals surface area contributed by atoms with Crippen LogP contribution in [-0.2, 0) is 4.79 Å². The van der Waals surface area contributed by atoms with Crippen LogP contribution in [0.2, 0.25) is 0 Å². The molecule has 6 heteroatoms. The number of primary amides is 1.